The molecule has 0 spiro atoms. The molecule has 0 amide bonds. The number of hydrogen-bond acceptors (Lipinski definition) is 3. The minimum Gasteiger partial charge on any atom is -0.397 e. The van der Waals surface area contributed by atoms with E-state index in [4.69, 9.17) is 22.6 Å². The van der Waals surface area contributed by atoms with E-state index >= 15 is 0 Å². The molecular formula is C14H9ClF3N3. The van der Waals surface area contributed by atoms with Gasteiger partial charge in [0.15, 0.2) is 0 Å². The lowest BCUT2D eigenvalue weighted by Gasteiger charge is -2.13. The molecule has 0 bridgehead atoms. The molecule has 0 radical (unpaired) electrons. The van der Waals surface area contributed by atoms with Crippen molar-refractivity contribution >= 4 is 28.7 Å². The summed E-state index contributed by atoms with van der Waals surface area (Å²) in [5.74, 6) is 0. The summed E-state index contributed by atoms with van der Waals surface area (Å²) in [4.78, 5) is 0. The van der Waals surface area contributed by atoms with E-state index < -0.39 is 11.7 Å². The highest BCUT2D eigenvalue weighted by molar-refractivity contribution is 6.33. The smallest absolute Gasteiger partial charge is 0.397 e. The van der Waals surface area contributed by atoms with Gasteiger partial charge in [-0.2, -0.15) is 18.4 Å². The summed E-state index contributed by atoms with van der Waals surface area (Å²) in [7, 11) is 0. The number of anilines is 3. The van der Waals surface area contributed by atoms with Gasteiger partial charge in [-0.05, 0) is 36.4 Å². The lowest BCUT2D eigenvalue weighted by Crippen LogP contribution is -2.05. The molecule has 0 aliphatic heterocycles. The second kappa shape index (κ2) is 5.54. The van der Waals surface area contributed by atoms with Gasteiger partial charge < -0.3 is 11.1 Å². The molecule has 21 heavy (non-hydrogen) atoms. The summed E-state index contributed by atoms with van der Waals surface area (Å²) in [5, 5.41) is 11.6. The first-order valence-corrected chi connectivity index (χ1v) is 6.12. The number of halogens is 4. The van der Waals surface area contributed by atoms with Crippen LogP contribution < -0.4 is 11.1 Å². The first-order valence-electron chi connectivity index (χ1n) is 5.74. The summed E-state index contributed by atoms with van der Waals surface area (Å²) in [6.45, 7) is 0. The molecule has 0 saturated carbocycles. The van der Waals surface area contributed by atoms with Crippen LogP contribution in [0.3, 0.4) is 0 Å². The Morgan fingerprint density at radius 2 is 1.81 bits per heavy atom. The zero-order chi connectivity index (χ0) is 15.6. The van der Waals surface area contributed by atoms with Gasteiger partial charge in [0.1, 0.15) is 0 Å². The van der Waals surface area contributed by atoms with Crippen LogP contribution in [0.25, 0.3) is 0 Å². The third kappa shape index (κ3) is 3.38. The van der Waals surface area contributed by atoms with E-state index in [0.717, 1.165) is 12.1 Å². The van der Waals surface area contributed by atoms with E-state index in [1.807, 2.05) is 6.07 Å². The summed E-state index contributed by atoms with van der Waals surface area (Å²) in [6.07, 6.45) is -4.46. The van der Waals surface area contributed by atoms with Crippen molar-refractivity contribution in [1.82, 2.24) is 0 Å². The van der Waals surface area contributed by atoms with Crippen LogP contribution in [0, 0.1) is 11.3 Å². The van der Waals surface area contributed by atoms with Gasteiger partial charge in [-0.15, -0.1) is 0 Å². The van der Waals surface area contributed by atoms with Gasteiger partial charge in [-0.1, -0.05) is 11.6 Å². The van der Waals surface area contributed by atoms with E-state index in [0.29, 0.717) is 16.9 Å². The monoisotopic (exact) mass is 311 g/mol. The Hall–Kier alpha value is -2.39. The van der Waals surface area contributed by atoms with Gasteiger partial charge in [0, 0.05) is 0 Å². The van der Waals surface area contributed by atoms with Gasteiger partial charge in [-0.25, -0.2) is 0 Å². The molecule has 3 nitrogen and oxygen atoms in total. The Balaban J connectivity index is 2.35. The molecular weight excluding hydrogens is 303 g/mol. The molecule has 2 aromatic carbocycles. The fourth-order valence-electron chi connectivity index (χ4n) is 1.67. The van der Waals surface area contributed by atoms with Crippen LogP contribution in [0.5, 0.6) is 0 Å². The Morgan fingerprint density at radius 1 is 1.10 bits per heavy atom. The number of rotatable bonds is 2. The van der Waals surface area contributed by atoms with Crippen LogP contribution in [-0.2, 0) is 6.18 Å². The molecule has 0 aliphatic rings. The predicted octanol–water partition coefficient (Wildman–Crippen LogP) is 4.56. The van der Waals surface area contributed by atoms with Gasteiger partial charge in [0.25, 0.3) is 0 Å². The fourth-order valence-corrected chi connectivity index (χ4v) is 1.90. The van der Waals surface area contributed by atoms with Crippen LogP contribution in [0.15, 0.2) is 36.4 Å². The molecule has 2 aromatic rings. The van der Waals surface area contributed by atoms with Gasteiger partial charge in [0.05, 0.1) is 39.3 Å². The number of nitriles is 1. The normalized spacial score (nSPS) is 11.0. The predicted molar refractivity (Wildman–Crippen MR) is 75.3 cm³/mol. The zero-order valence-electron chi connectivity index (χ0n) is 10.5. The molecule has 0 heterocycles. The second-order valence-corrected chi connectivity index (χ2v) is 4.64. The average Bonchev–Trinajstić information content (AvgIpc) is 2.42. The van der Waals surface area contributed by atoms with Crippen molar-refractivity contribution in [2.24, 2.45) is 0 Å². The molecule has 7 heteroatoms. The molecule has 0 fully saturated rings. The molecule has 0 unspecified atom stereocenters. The Kier molecular flexibility index (Phi) is 3.96. The number of nitrogens with two attached hydrogens (primary N) is 1. The van der Waals surface area contributed by atoms with Crippen molar-refractivity contribution in [3.63, 3.8) is 0 Å². The van der Waals surface area contributed by atoms with E-state index in [9.17, 15) is 13.2 Å². The van der Waals surface area contributed by atoms with Crippen molar-refractivity contribution in [1.29, 1.82) is 5.26 Å². The Labute approximate surface area is 123 Å². The van der Waals surface area contributed by atoms with Crippen molar-refractivity contribution in [3.05, 3.63) is 52.5 Å². The third-order valence-corrected chi connectivity index (χ3v) is 3.06. The number of hydrogen-bond donors (Lipinski definition) is 2. The van der Waals surface area contributed by atoms with Crippen molar-refractivity contribution < 1.29 is 13.2 Å². The highest BCUT2D eigenvalue weighted by Gasteiger charge is 2.30. The average molecular weight is 312 g/mol. The maximum Gasteiger partial charge on any atom is 0.416 e. The third-order valence-electron chi connectivity index (χ3n) is 2.75. The first-order chi connectivity index (χ1) is 9.81. The van der Waals surface area contributed by atoms with Crippen LogP contribution in [0.4, 0.5) is 30.2 Å². The van der Waals surface area contributed by atoms with E-state index in [2.05, 4.69) is 5.32 Å². The van der Waals surface area contributed by atoms with Crippen LogP contribution in [0.2, 0.25) is 5.02 Å². The quantitative estimate of drug-likeness (QED) is 0.799. The van der Waals surface area contributed by atoms with Crippen LogP contribution in [-0.4, -0.2) is 0 Å². The van der Waals surface area contributed by atoms with E-state index in [1.165, 1.54) is 24.3 Å². The maximum absolute atomic E-state index is 12.6. The topological polar surface area (TPSA) is 61.8 Å². The minimum atomic E-state index is -4.46. The van der Waals surface area contributed by atoms with E-state index in [-0.39, 0.29) is 10.7 Å². The highest BCUT2D eigenvalue weighted by atomic mass is 35.5. The molecule has 0 atom stereocenters. The molecule has 2 rings (SSSR count). The lowest BCUT2D eigenvalue weighted by atomic mass is 10.1. The summed E-state index contributed by atoms with van der Waals surface area (Å²) < 4.78 is 37.7. The molecule has 0 aromatic heterocycles. The van der Waals surface area contributed by atoms with Gasteiger partial charge >= 0.3 is 6.18 Å². The first kappa shape index (κ1) is 15.0. The van der Waals surface area contributed by atoms with Gasteiger partial charge in [-0.3, -0.25) is 0 Å². The van der Waals surface area contributed by atoms with Crippen LogP contribution >= 0.6 is 11.6 Å². The molecule has 0 saturated heterocycles. The lowest BCUT2D eigenvalue weighted by molar-refractivity contribution is -0.137. The largest absolute Gasteiger partial charge is 0.416 e. The highest BCUT2D eigenvalue weighted by Crippen LogP contribution is 2.35. The summed E-state index contributed by atoms with van der Waals surface area (Å²) in [5.41, 5.74) is 6.30. The summed E-state index contributed by atoms with van der Waals surface area (Å²) >= 11 is 5.84. The van der Waals surface area contributed by atoms with Crippen LogP contribution in [0.1, 0.15) is 11.1 Å². The second-order valence-electron chi connectivity index (χ2n) is 4.23. The molecule has 0 aliphatic carbocycles. The van der Waals surface area contributed by atoms with Gasteiger partial charge in [0.2, 0.25) is 0 Å². The molecule has 3 N–H and O–H groups in total. The number of nitrogen functional groups attached to an aromatic ring is 1. The Morgan fingerprint density at radius 3 is 2.38 bits per heavy atom. The standard InChI is InChI=1S/C14H9ClF3N3/c15-10-6-9(14(16,17)18)2-4-12(10)21-13-5-8(7-19)1-3-11(13)20/h1-6,21H,20H2. The summed E-state index contributed by atoms with van der Waals surface area (Å²) in [6, 6.07) is 9.45. The number of alkyl halides is 3. The van der Waals surface area contributed by atoms with E-state index in [1.54, 1.807) is 0 Å². The maximum atomic E-state index is 12.6. The number of nitrogens with one attached hydrogen (secondary N) is 1. The number of nitrogens with zero attached hydrogens (tertiary/aromatic N) is 1. The minimum absolute atomic E-state index is 0.0911. The fraction of sp³-hybridized carbons (Fsp3) is 0.0714. The zero-order valence-corrected chi connectivity index (χ0v) is 11.3. The Bertz CT molecular complexity index is 720. The van der Waals surface area contributed by atoms with Crippen molar-refractivity contribution in [3.8, 4) is 6.07 Å². The molecule has 108 valence electrons. The SMILES string of the molecule is N#Cc1ccc(N)c(Nc2ccc(C(F)(F)F)cc2Cl)c1. The number of benzene rings is 2. The van der Waals surface area contributed by atoms with Crippen molar-refractivity contribution in [2.75, 3.05) is 11.1 Å². The van der Waals surface area contributed by atoms with Crippen molar-refractivity contribution in [2.45, 2.75) is 6.18 Å².